The van der Waals surface area contributed by atoms with Gasteiger partial charge in [0.25, 0.3) is 0 Å². The molecule has 0 spiro atoms. The summed E-state index contributed by atoms with van der Waals surface area (Å²) in [6.07, 6.45) is 1.88. The van der Waals surface area contributed by atoms with Gasteiger partial charge in [0.1, 0.15) is 5.69 Å². The summed E-state index contributed by atoms with van der Waals surface area (Å²) >= 11 is 0. The second kappa shape index (κ2) is 7.20. The Kier molecular flexibility index (Phi) is 5.47. The van der Waals surface area contributed by atoms with Crippen LogP contribution >= 0.6 is 0 Å². The summed E-state index contributed by atoms with van der Waals surface area (Å²) in [5.41, 5.74) is 5.31. The molecule has 0 amide bonds. The molecule has 1 heterocycles. The number of nitrogens with zero attached hydrogens (tertiary/aromatic N) is 2. The minimum absolute atomic E-state index is 0.238. The van der Waals surface area contributed by atoms with Crippen LogP contribution < -0.4 is 0 Å². The fourth-order valence-corrected chi connectivity index (χ4v) is 2.73. The molecule has 0 N–H and O–H groups in total. The molecule has 0 atom stereocenters. The maximum Gasteiger partial charge on any atom is 0.356 e. The normalized spacial score (nSPS) is 11.6. The molecule has 0 bridgehead atoms. The zero-order valence-corrected chi connectivity index (χ0v) is 15.6. The first-order valence-electron chi connectivity index (χ1n) is 8.41. The van der Waals surface area contributed by atoms with Gasteiger partial charge in [-0.2, -0.15) is 5.10 Å². The number of methoxy groups -OCH3 is 1. The Morgan fingerprint density at radius 1 is 1.21 bits per heavy atom. The van der Waals surface area contributed by atoms with Crippen LogP contribution in [0, 0.1) is 19.3 Å². The first kappa shape index (κ1) is 18.2. The fourth-order valence-electron chi connectivity index (χ4n) is 2.73. The van der Waals surface area contributed by atoms with E-state index >= 15 is 0 Å². The number of ether oxygens (including phenoxy) is 1. The lowest BCUT2D eigenvalue weighted by molar-refractivity contribution is 0.0587. The van der Waals surface area contributed by atoms with E-state index < -0.39 is 0 Å². The Balaban J connectivity index is 2.33. The van der Waals surface area contributed by atoms with Gasteiger partial charge in [-0.15, -0.1) is 0 Å². The molecular weight excluding hydrogens is 300 g/mol. The average molecular weight is 328 g/mol. The summed E-state index contributed by atoms with van der Waals surface area (Å²) in [5.74, 6) is -0.337. The summed E-state index contributed by atoms with van der Waals surface area (Å²) < 4.78 is 6.71. The molecule has 0 aliphatic heterocycles. The third-order valence-electron chi connectivity index (χ3n) is 4.31. The molecule has 2 aromatic rings. The van der Waals surface area contributed by atoms with Crippen LogP contribution in [0.2, 0.25) is 0 Å². The molecular formula is C20H28N2O2. The van der Waals surface area contributed by atoms with Gasteiger partial charge >= 0.3 is 5.97 Å². The first-order chi connectivity index (χ1) is 11.2. The summed E-state index contributed by atoms with van der Waals surface area (Å²) in [7, 11) is 1.41. The van der Waals surface area contributed by atoms with Crippen molar-refractivity contribution in [3.05, 3.63) is 52.3 Å². The second-order valence-electron chi connectivity index (χ2n) is 7.60. The highest BCUT2D eigenvalue weighted by Gasteiger charge is 2.19. The minimum atomic E-state index is -0.337. The average Bonchev–Trinajstić information content (AvgIpc) is 2.91. The lowest BCUT2D eigenvalue weighted by Crippen LogP contribution is -2.14. The highest BCUT2D eigenvalue weighted by Crippen LogP contribution is 2.22. The predicted molar refractivity (Wildman–Crippen MR) is 96.4 cm³/mol. The molecule has 0 unspecified atom stereocenters. The van der Waals surface area contributed by atoms with Crippen LogP contribution in [0.15, 0.2) is 24.3 Å². The Morgan fingerprint density at radius 2 is 1.83 bits per heavy atom. The smallest absolute Gasteiger partial charge is 0.356 e. The van der Waals surface area contributed by atoms with Crippen LogP contribution in [0.1, 0.15) is 60.1 Å². The molecule has 4 nitrogen and oxygen atoms in total. The number of esters is 1. The zero-order chi connectivity index (χ0) is 17.9. The van der Waals surface area contributed by atoms with Crippen molar-refractivity contribution in [3.8, 4) is 0 Å². The van der Waals surface area contributed by atoms with Gasteiger partial charge in [-0.25, -0.2) is 4.79 Å². The number of aryl methyl sites for hydroxylation is 3. The van der Waals surface area contributed by atoms with E-state index in [2.05, 4.69) is 51.9 Å². The van der Waals surface area contributed by atoms with E-state index in [4.69, 9.17) is 4.74 Å². The van der Waals surface area contributed by atoms with Gasteiger partial charge in [0.05, 0.1) is 19.3 Å². The van der Waals surface area contributed by atoms with Crippen LogP contribution in [0.5, 0.6) is 0 Å². The monoisotopic (exact) mass is 328 g/mol. The molecule has 2 rings (SSSR count). The van der Waals surface area contributed by atoms with E-state index in [1.165, 1.54) is 23.8 Å². The molecule has 0 saturated carbocycles. The number of benzene rings is 1. The van der Waals surface area contributed by atoms with Gasteiger partial charge < -0.3 is 4.74 Å². The summed E-state index contributed by atoms with van der Waals surface area (Å²) in [6, 6.07) is 8.09. The van der Waals surface area contributed by atoms with Gasteiger partial charge in [0, 0.05) is 0 Å². The predicted octanol–water partition coefficient (Wildman–Crippen LogP) is 4.31. The zero-order valence-electron chi connectivity index (χ0n) is 15.6. The van der Waals surface area contributed by atoms with Gasteiger partial charge in [0.15, 0.2) is 0 Å². The lowest BCUT2D eigenvalue weighted by atomic mass is 9.90. The molecule has 24 heavy (non-hydrogen) atoms. The number of carbonyl (C=O) groups excluding carboxylic acids is 1. The highest BCUT2D eigenvalue weighted by molar-refractivity contribution is 5.87. The van der Waals surface area contributed by atoms with Crippen molar-refractivity contribution >= 4 is 5.97 Å². The number of hydrogen-bond acceptors (Lipinski definition) is 3. The van der Waals surface area contributed by atoms with Crippen molar-refractivity contribution < 1.29 is 9.53 Å². The molecule has 0 fully saturated rings. The Morgan fingerprint density at radius 3 is 2.38 bits per heavy atom. The SMILES string of the molecule is COC(=O)c1cc(CCC(C)(C)C)nn1Cc1c(C)cccc1C. The Hall–Kier alpha value is -2.10. The standard InChI is InChI=1S/C20H28N2O2/c1-14-8-7-9-15(2)17(14)13-22-18(19(23)24-6)12-16(21-22)10-11-20(3,4)5/h7-9,12H,10-11,13H2,1-6H3. The molecule has 130 valence electrons. The van der Waals surface area contributed by atoms with Crippen LogP contribution in [-0.2, 0) is 17.7 Å². The van der Waals surface area contributed by atoms with Crippen LogP contribution in [0.3, 0.4) is 0 Å². The Bertz CT molecular complexity index is 703. The van der Waals surface area contributed by atoms with Crippen molar-refractivity contribution in [2.45, 2.75) is 54.0 Å². The van der Waals surface area contributed by atoms with E-state index in [-0.39, 0.29) is 11.4 Å². The maximum atomic E-state index is 12.1. The quantitative estimate of drug-likeness (QED) is 0.768. The number of carbonyl (C=O) groups is 1. The van der Waals surface area contributed by atoms with E-state index in [0.29, 0.717) is 12.2 Å². The van der Waals surface area contributed by atoms with Gasteiger partial charge in [-0.1, -0.05) is 39.0 Å². The summed E-state index contributed by atoms with van der Waals surface area (Å²) in [5, 5.41) is 4.68. The van der Waals surface area contributed by atoms with Gasteiger partial charge in [-0.3, -0.25) is 4.68 Å². The first-order valence-corrected chi connectivity index (χ1v) is 8.41. The van der Waals surface area contributed by atoms with Gasteiger partial charge in [0.2, 0.25) is 0 Å². The van der Waals surface area contributed by atoms with Crippen molar-refractivity contribution in [2.75, 3.05) is 7.11 Å². The molecule has 0 radical (unpaired) electrons. The summed E-state index contributed by atoms with van der Waals surface area (Å²) in [4.78, 5) is 12.1. The van der Waals surface area contributed by atoms with E-state index in [1.807, 2.05) is 12.1 Å². The van der Waals surface area contributed by atoms with Crippen molar-refractivity contribution in [2.24, 2.45) is 5.41 Å². The molecule has 1 aromatic carbocycles. The molecule has 4 heteroatoms. The highest BCUT2D eigenvalue weighted by atomic mass is 16.5. The molecule has 0 saturated heterocycles. The number of rotatable bonds is 5. The molecule has 1 aromatic heterocycles. The molecule has 0 aliphatic rings. The lowest BCUT2D eigenvalue weighted by Gasteiger charge is -2.16. The van der Waals surface area contributed by atoms with Crippen molar-refractivity contribution in [3.63, 3.8) is 0 Å². The summed E-state index contributed by atoms with van der Waals surface area (Å²) in [6.45, 7) is 11.4. The van der Waals surface area contributed by atoms with Crippen molar-refractivity contribution in [1.82, 2.24) is 9.78 Å². The maximum absolute atomic E-state index is 12.1. The van der Waals surface area contributed by atoms with E-state index in [0.717, 1.165) is 18.5 Å². The Labute approximate surface area is 144 Å². The van der Waals surface area contributed by atoms with Gasteiger partial charge in [-0.05, 0) is 54.9 Å². The third-order valence-corrected chi connectivity index (χ3v) is 4.31. The van der Waals surface area contributed by atoms with Crippen molar-refractivity contribution in [1.29, 1.82) is 0 Å². The molecule has 0 aliphatic carbocycles. The number of hydrogen-bond donors (Lipinski definition) is 0. The van der Waals surface area contributed by atoms with Crippen LogP contribution in [-0.4, -0.2) is 22.9 Å². The topological polar surface area (TPSA) is 44.1 Å². The third kappa shape index (κ3) is 4.47. The van der Waals surface area contributed by atoms with Crippen LogP contribution in [0.4, 0.5) is 0 Å². The fraction of sp³-hybridized carbons (Fsp3) is 0.500. The van der Waals surface area contributed by atoms with Crippen LogP contribution in [0.25, 0.3) is 0 Å². The van der Waals surface area contributed by atoms with E-state index in [9.17, 15) is 4.79 Å². The largest absolute Gasteiger partial charge is 0.464 e. The van der Waals surface area contributed by atoms with E-state index in [1.54, 1.807) is 4.68 Å². The number of aromatic nitrogens is 2. The minimum Gasteiger partial charge on any atom is -0.464 e. The second-order valence-corrected chi connectivity index (χ2v) is 7.60.